The van der Waals surface area contributed by atoms with Gasteiger partial charge < -0.3 is 9.73 Å². The second kappa shape index (κ2) is 4.31. The van der Waals surface area contributed by atoms with Crippen molar-refractivity contribution in [2.24, 2.45) is 0 Å². The van der Waals surface area contributed by atoms with E-state index in [1.165, 1.54) is 6.26 Å². The van der Waals surface area contributed by atoms with Crippen molar-refractivity contribution in [3.05, 3.63) is 24.2 Å². The van der Waals surface area contributed by atoms with E-state index in [0.29, 0.717) is 12.2 Å². The van der Waals surface area contributed by atoms with Gasteiger partial charge in [-0.15, -0.1) is 0 Å². The molecule has 1 unspecified atom stereocenters. The van der Waals surface area contributed by atoms with Crippen LogP contribution >= 0.6 is 0 Å². The summed E-state index contributed by atoms with van der Waals surface area (Å²) in [6.45, 7) is 1.73. The van der Waals surface area contributed by atoms with Crippen molar-refractivity contribution >= 4 is 5.91 Å². The Morgan fingerprint density at radius 1 is 1.85 bits per heavy atom. The molecule has 1 N–H and O–H groups in total. The third-order valence-corrected chi connectivity index (χ3v) is 1.58. The molecular weight excluding hydrogens is 168 g/mol. The summed E-state index contributed by atoms with van der Waals surface area (Å²) in [6, 6.07) is 4.60. The molecule has 4 heteroatoms. The number of carbonyl (C=O) groups is 1. The summed E-state index contributed by atoms with van der Waals surface area (Å²) >= 11 is 0. The minimum atomic E-state index is -0.678. The summed E-state index contributed by atoms with van der Waals surface area (Å²) < 4.78 is 4.99. The van der Waals surface area contributed by atoms with Gasteiger partial charge in [0.05, 0.1) is 12.3 Å². The molecule has 1 rings (SSSR count). The Hall–Kier alpha value is -1.76. The lowest BCUT2D eigenvalue weighted by atomic mass is 10.2. The molecular formula is C9H10N2O2. The summed E-state index contributed by atoms with van der Waals surface area (Å²) in [4.78, 5) is 11.0. The number of nitrogens with zero attached hydrogens (tertiary/aromatic N) is 1. The normalized spacial score (nSPS) is 11.7. The van der Waals surface area contributed by atoms with E-state index >= 15 is 0 Å². The molecule has 68 valence electrons. The van der Waals surface area contributed by atoms with Crippen LogP contribution in [0.5, 0.6) is 0 Å². The first-order chi connectivity index (χ1) is 6.27. The number of carbonyl (C=O) groups excluding carboxylic acids is 1. The zero-order chi connectivity index (χ0) is 9.68. The van der Waals surface area contributed by atoms with Crippen LogP contribution in [0.3, 0.4) is 0 Å². The largest absolute Gasteiger partial charge is 0.466 e. The Morgan fingerprint density at radius 2 is 2.62 bits per heavy atom. The quantitative estimate of drug-likeness (QED) is 0.760. The highest BCUT2D eigenvalue weighted by Crippen LogP contribution is 2.11. The molecule has 0 aliphatic carbocycles. The van der Waals surface area contributed by atoms with Crippen LogP contribution in [-0.4, -0.2) is 5.91 Å². The number of amides is 1. The Morgan fingerprint density at radius 3 is 3.08 bits per heavy atom. The fraction of sp³-hybridized carbons (Fsp3) is 0.333. The molecule has 0 saturated carbocycles. The van der Waals surface area contributed by atoms with Crippen molar-refractivity contribution in [2.45, 2.75) is 19.4 Å². The second-order valence-corrected chi connectivity index (χ2v) is 2.50. The van der Waals surface area contributed by atoms with E-state index in [4.69, 9.17) is 9.68 Å². The zero-order valence-electron chi connectivity index (χ0n) is 7.28. The van der Waals surface area contributed by atoms with Crippen molar-refractivity contribution in [3.8, 4) is 6.07 Å². The van der Waals surface area contributed by atoms with E-state index < -0.39 is 6.04 Å². The van der Waals surface area contributed by atoms with Crippen LogP contribution in [0.4, 0.5) is 0 Å². The number of rotatable bonds is 3. The molecule has 0 aliphatic heterocycles. The highest BCUT2D eigenvalue weighted by Gasteiger charge is 2.14. The molecule has 4 nitrogen and oxygen atoms in total. The summed E-state index contributed by atoms with van der Waals surface area (Å²) in [5.74, 6) is 0.298. The predicted molar refractivity (Wildman–Crippen MR) is 45.5 cm³/mol. The number of nitrogens with one attached hydrogen (secondary N) is 1. The van der Waals surface area contributed by atoms with Crippen LogP contribution in [0.15, 0.2) is 22.8 Å². The van der Waals surface area contributed by atoms with Gasteiger partial charge in [0.2, 0.25) is 5.91 Å². The van der Waals surface area contributed by atoms with Crippen LogP contribution in [0.2, 0.25) is 0 Å². The van der Waals surface area contributed by atoms with Gasteiger partial charge in [-0.05, 0) is 12.1 Å². The molecule has 1 aromatic rings. The van der Waals surface area contributed by atoms with Gasteiger partial charge in [-0.25, -0.2) is 0 Å². The van der Waals surface area contributed by atoms with Gasteiger partial charge in [-0.3, -0.25) is 4.79 Å². The maximum absolute atomic E-state index is 11.0. The van der Waals surface area contributed by atoms with Gasteiger partial charge in [0.1, 0.15) is 5.76 Å². The fourth-order valence-electron chi connectivity index (χ4n) is 0.886. The lowest BCUT2D eigenvalue weighted by Crippen LogP contribution is -2.26. The maximum atomic E-state index is 11.0. The van der Waals surface area contributed by atoms with E-state index in [1.54, 1.807) is 19.1 Å². The van der Waals surface area contributed by atoms with Gasteiger partial charge in [-0.2, -0.15) is 5.26 Å². The third-order valence-electron chi connectivity index (χ3n) is 1.58. The van der Waals surface area contributed by atoms with E-state index in [2.05, 4.69) is 5.32 Å². The second-order valence-electron chi connectivity index (χ2n) is 2.50. The lowest BCUT2D eigenvalue weighted by molar-refractivity contribution is -0.121. The van der Waals surface area contributed by atoms with Crippen LogP contribution < -0.4 is 5.32 Å². The molecule has 0 fully saturated rings. The Kier molecular flexibility index (Phi) is 3.09. The first-order valence-corrected chi connectivity index (χ1v) is 4.00. The molecule has 1 heterocycles. The minimum absolute atomic E-state index is 0.164. The lowest BCUT2D eigenvalue weighted by Gasteiger charge is -2.06. The predicted octanol–water partition coefficient (Wildman–Crippen LogP) is 1.37. The number of hydrogen-bond donors (Lipinski definition) is 1. The topological polar surface area (TPSA) is 66.0 Å². The number of hydrogen-bond acceptors (Lipinski definition) is 3. The zero-order valence-corrected chi connectivity index (χ0v) is 7.28. The van der Waals surface area contributed by atoms with E-state index in [1.807, 2.05) is 6.07 Å². The Labute approximate surface area is 76.2 Å². The Balaban J connectivity index is 2.66. The first-order valence-electron chi connectivity index (χ1n) is 4.00. The average molecular weight is 178 g/mol. The van der Waals surface area contributed by atoms with Gasteiger partial charge in [-0.1, -0.05) is 6.92 Å². The molecule has 0 spiro atoms. The highest BCUT2D eigenvalue weighted by atomic mass is 16.3. The average Bonchev–Trinajstić information content (AvgIpc) is 2.66. The summed E-state index contributed by atoms with van der Waals surface area (Å²) in [5, 5.41) is 11.2. The molecule has 13 heavy (non-hydrogen) atoms. The van der Waals surface area contributed by atoms with Gasteiger partial charge >= 0.3 is 0 Å². The smallest absolute Gasteiger partial charge is 0.221 e. The van der Waals surface area contributed by atoms with Crippen LogP contribution in [0.25, 0.3) is 0 Å². The van der Waals surface area contributed by atoms with Crippen LogP contribution in [0.1, 0.15) is 25.1 Å². The maximum Gasteiger partial charge on any atom is 0.221 e. The van der Waals surface area contributed by atoms with Crippen LogP contribution in [-0.2, 0) is 4.79 Å². The van der Waals surface area contributed by atoms with Gasteiger partial charge in [0, 0.05) is 6.42 Å². The molecule has 0 saturated heterocycles. The number of furan rings is 1. The standard InChI is InChI=1S/C9H10N2O2/c1-2-9(12)11-7(6-10)8-4-3-5-13-8/h3-5,7H,2H2,1H3,(H,11,12). The molecule has 0 radical (unpaired) electrons. The molecule has 0 bridgehead atoms. The molecule has 1 aromatic heterocycles. The fourth-order valence-corrected chi connectivity index (χ4v) is 0.886. The van der Waals surface area contributed by atoms with Crippen molar-refractivity contribution in [1.82, 2.24) is 5.32 Å². The molecule has 1 amide bonds. The number of nitriles is 1. The van der Waals surface area contributed by atoms with E-state index in [9.17, 15) is 4.79 Å². The molecule has 0 aliphatic rings. The Bertz CT molecular complexity index is 311. The summed E-state index contributed by atoms with van der Waals surface area (Å²) in [7, 11) is 0. The van der Waals surface area contributed by atoms with Gasteiger partial charge in [0.25, 0.3) is 0 Å². The van der Waals surface area contributed by atoms with Crippen molar-refractivity contribution in [2.75, 3.05) is 0 Å². The van der Waals surface area contributed by atoms with E-state index in [0.717, 1.165) is 0 Å². The minimum Gasteiger partial charge on any atom is -0.466 e. The molecule has 1 atom stereocenters. The highest BCUT2D eigenvalue weighted by molar-refractivity contribution is 5.76. The summed E-state index contributed by atoms with van der Waals surface area (Å²) in [6.07, 6.45) is 1.83. The summed E-state index contributed by atoms with van der Waals surface area (Å²) in [5.41, 5.74) is 0. The van der Waals surface area contributed by atoms with Gasteiger partial charge in [0.15, 0.2) is 6.04 Å². The monoisotopic (exact) mass is 178 g/mol. The van der Waals surface area contributed by atoms with E-state index in [-0.39, 0.29) is 5.91 Å². The van der Waals surface area contributed by atoms with Crippen molar-refractivity contribution in [3.63, 3.8) is 0 Å². The van der Waals surface area contributed by atoms with Crippen molar-refractivity contribution < 1.29 is 9.21 Å². The van der Waals surface area contributed by atoms with Crippen LogP contribution in [0, 0.1) is 11.3 Å². The molecule has 0 aromatic carbocycles. The third kappa shape index (κ3) is 2.34. The first kappa shape index (κ1) is 9.33. The SMILES string of the molecule is CCC(=O)NC(C#N)c1ccco1. The van der Waals surface area contributed by atoms with Crippen molar-refractivity contribution in [1.29, 1.82) is 5.26 Å².